The number of nitrogens with one attached hydrogen (secondary N) is 2. The molecule has 0 bridgehead atoms. The van der Waals surface area contributed by atoms with E-state index in [0.29, 0.717) is 5.69 Å². The molecule has 0 spiro atoms. The van der Waals surface area contributed by atoms with E-state index in [2.05, 4.69) is 20.6 Å². The number of benzene rings is 2. The average Bonchev–Trinajstić information content (AvgIpc) is 2.65. The van der Waals surface area contributed by atoms with Crippen molar-refractivity contribution < 1.29 is 13.6 Å². The lowest BCUT2D eigenvalue weighted by Crippen LogP contribution is -2.16. The number of hydrogen-bond donors (Lipinski definition) is 2. The lowest BCUT2D eigenvalue weighted by molar-refractivity contribution is 0.102. The van der Waals surface area contributed by atoms with E-state index in [0.717, 1.165) is 17.8 Å². The molecule has 0 saturated heterocycles. The van der Waals surface area contributed by atoms with Crippen molar-refractivity contribution in [2.45, 2.75) is 6.92 Å². The highest BCUT2D eigenvalue weighted by atomic mass is 19.1. The van der Waals surface area contributed by atoms with Gasteiger partial charge < -0.3 is 15.5 Å². The summed E-state index contributed by atoms with van der Waals surface area (Å²) in [6.45, 7) is 1.59. The molecule has 0 unspecified atom stereocenters. The van der Waals surface area contributed by atoms with Gasteiger partial charge in [-0.2, -0.15) is 0 Å². The quantitative estimate of drug-likeness (QED) is 0.693. The molecule has 0 fully saturated rings. The molecule has 0 saturated carbocycles. The van der Waals surface area contributed by atoms with Crippen molar-refractivity contribution in [3.63, 3.8) is 0 Å². The van der Waals surface area contributed by atoms with Gasteiger partial charge in [-0.3, -0.25) is 4.79 Å². The molecule has 1 amide bonds. The molecule has 0 aliphatic carbocycles. The fourth-order valence-corrected chi connectivity index (χ4v) is 2.53. The van der Waals surface area contributed by atoms with Crippen LogP contribution in [0.5, 0.6) is 0 Å². The first-order valence-electron chi connectivity index (χ1n) is 8.49. The lowest BCUT2D eigenvalue weighted by Gasteiger charge is -2.13. The Hall–Kier alpha value is -3.55. The van der Waals surface area contributed by atoms with Gasteiger partial charge in [0.25, 0.3) is 5.91 Å². The van der Waals surface area contributed by atoms with E-state index in [1.807, 2.05) is 31.1 Å². The summed E-state index contributed by atoms with van der Waals surface area (Å²) in [5, 5.41) is 5.32. The number of hydrogen-bond acceptors (Lipinski definition) is 5. The predicted molar refractivity (Wildman–Crippen MR) is 105 cm³/mol. The van der Waals surface area contributed by atoms with E-state index < -0.39 is 17.5 Å². The van der Waals surface area contributed by atoms with Crippen LogP contribution in [-0.2, 0) is 0 Å². The first-order chi connectivity index (χ1) is 13.3. The maximum atomic E-state index is 13.8. The number of carbonyl (C=O) groups is 1. The van der Waals surface area contributed by atoms with E-state index in [-0.39, 0.29) is 23.0 Å². The summed E-state index contributed by atoms with van der Waals surface area (Å²) in [5.74, 6) is -1.58. The number of aromatic nitrogens is 2. The SMILES string of the molecule is Cc1nc(Nc2c(F)cccc2F)cc(C(=O)Nc2ccc(N(C)C)cc2)n1. The molecular formula is C20H19F2N5O. The Bertz CT molecular complexity index is 986. The number of anilines is 4. The fraction of sp³-hybridized carbons (Fsp3) is 0.150. The lowest BCUT2D eigenvalue weighted by atomic mass is 10.2. The Morgan fingerprint density at radius 1 is 1.00 bits per heavy atom. The van der Waals surface area contributed by atoms with Gasteiger partial charge >= 0.3 is 0 Å². The predicted octanol–water partition coefficient (Wildman–Crippen LogP) is 4.13. The number of nitrogens with zero attached hydrogens (tertiary/aromatic N) is 3. The molecule has 144 valence electrons. The number of rotatable bonds is 5. The molecule has 1 heterocycles. The van der Waals surface area contributed by atoms with Crippen LogP contribution in [0.2, 0.25) is 0 Å². The average molecular weight is 383 g/mol. The second-order valence-corrected chi connectivity index (χ2v) is 6.30. The highest BCUT2D eigenvalue weighted by Crippen LogP contribution is 2.23. The number of para-hydroxylation sites is 1. The van der Waals surface area contributed by atoms with Crippen LogP contribution in [0.3, 0.4) is 0 Å². The van der Waals surface area contributed by atoms with Crippen LogP contribution in [0.1, 0.15) is 16.3 Å². The number of amides is 1. The normalized spacial score (nSPS) is 10.5. The van der Waals surface area contributed by atoms with Crippen LogP contribution in [0.4, 0.5) is 31.7 Å². The third-order valence-corrected chi connectivity index (χ3v) is 3.93. The zero-order valence-electron chi connectivity index (χ0n) is 15.6. The topological polar surface area (TPSA) is 70.2 Å². The van der Waals surface area contributed by atoms with E-state index in [4.69, 9.17) is 0 Å². The van der Waals surface area contributed by atoms with Gasteiger partial charge in [0.15, 0.2) is 0 Å². The third-order valence-electron chi connectivity index (χ3n) is 3.93. The van der Waals surface area contributed by atoms with E-state index in [1.165, 1.54) is 12.1 Å². The van der Waals surface area contributed by atoms with Gasteiger partial charge in [0, 0.05) is 31.5 Å². The largest absolute Gasteiger partial charge is 0.378 e. The summed E-state index contributed by atoms with van der Waals surface area (Å²) in [7, 11) is 3.84. The Labute approximate surface area is 161 Å². The second-order valence-electron chi connectivity index (χ2n) is 6.30. The van der Waals surface area contributed by atoms with Crippen LogP contribution in [-0.4, -0.2) is 30.0 Å². The Morgan fingerprint density at radius 3 is 2.25 bits per heavy atom. The molecule has 1 aromatic heterocycles. The van der Waals surface area contributed by atoms with Crippen molar-refractivity contribution in [3.8, 4) is 0 Å². The molecular weight excluding hydrogens is 364 g/mol. The molecule has 28 heavy (non-hydrogen) atoms. The highest BCUT2D eigenvalue weighted by Gasteiger charge is 2.14. The third kappa shape index (κ3) is 4.40. The van der Waals surface area contributed by atoms with Crippen molar-refractivity contribution in [2.24, 2.45) is 0 Å². The summed E-state index contributed by atoms with van der Waals surface area (Å²) in [6.07, 6.45) is 0. The molecule has 2 N–H and O–H groups in total. The van der Waals surface area contributed by atoms with Gasteiger partial charge in [0.05, 0.1) is 0 Å². The van der Waals surface area contributed by atoms with Gasteiger partial charge in [0.2, 0.25) is 0 Å². The summed E-state index contributed by atoms with van der Waals surface area (Å²) in [6, 6.07) is 12.1. The summed E-state index contributed by atoms with van der Waals surface area (Å²) in [4.78, 5) is 22.7. The Balaban J connectivity index is 1.81. The fourth-order valence-electron chi connectivity index (χ4n) is 2.53. The number of carbonyl (C=O) groups excluding carboxylic acids is 1. The van der Waals surface area contributed by atoms with Crippen molar-refractivity contribution in [3.05, 3.63) is 71.7 Å². The molecule has 0 atom stereocenters. The van der Waals surface area contributed by atoms with Crippen molar-refractivity contribution in [2.75, 3.05) is 29.6 Å². The van der Waals surface area contributed by atoms with Gasteiger partial charge in [-0.15, -0.1) is 0 Å². The zero-order valence-corrected chi connectivity index (χ0v) is 15.6. The van der Waals surface area contributed by atoms with Crippen molar-refractivity contribution in [1.82, 2.24) is 9.97 Å². The molecule has 2 aromatic carbocycles. The minimum absolute atomic E-state index is 0.0726. The maximum Gasteiger partial charge on any atom is 0.274 e. The highest BCUT2D eigenvalue weighted by molar-refractivity contribution is 6.03. The van der Waals surface area contributed by atoms with E-state index in [9.17, 15) is 13.6 Å². The molecule has 3 rings (SSSR count). The molecule has 0 aliphatic rings. The first-order valence-corrected chi connectivity index (χ1v) is 8.49. The Kier molecular flexibility index (Phi) is 5.49. The minimum atomic E-state index is -0.761. The smallest absolute Gasteiger partial charge is 0.274 e. The van der Waals surface area contributed by atoms with E-state index in [1.54, 1.807) is 19.1 Å². The zero-order chi connectivity index (χ0) is 20.3. The van der Waals surface area contributed by atoms with Crippen LogP contribution in [0.15, 0.2) is 48.5 Å². The van der Waals surface area contributed by atoms with Crippen LogP contribution >= 0.6 is 0 Å². The van der Waals surface area contributed by atoms with Gasteiger partial charge in [-0.25, -0.2) is 18.7 Å². The summed E-state index contributed by atoms with van der Waals surface area (Å²) >= 11 is 0. The van der Waals surface area contributed by atoms with Gasteiger partial charge in [0.1, 0.15) is 34.7 Å². The van der Waals surface area contributed by atoms with Gasteiger partial charge in [-0.1, -0.05) is 6.07 Å². The first kappa shape index (κ1) is 19.2. The van der Waals surface area contributed by atoms with E-state index >= 15 is 0 Å². The standard InChI is InChI=1S/C20H19F2N5O/c1-12-23-17(20(28)25-13-7-9-14(10-8-13)27(2)3)11-18(24-12)26-19-15(21)5-4-6-16(19)22/h4-11H,1-3H3,(H,25,28)(H,23,24,26). The van der Waals surface area contributed by atoms with Crippen LogP contribution in [0.25, 0.3) is 0 Å². The molecule has 8 heteroatoms. The molecule has 0 radical (unpaired) electrons. The Morgan fingerprint density at radius 2 is 1.64 bits per heavy atom. The summed E-state index contributed by atoms with van der Waals surface area (Å²) in [5.41, 5.74) is 1.32. The molecule has 3 aromatic rings. The monoisotopic (exact) mass is 383 g/mol. The molecule has 0 aliphatic heterocycles. The van der Waals surface area contributed by atoms with Crippen LogP contribution < -0.4 is 15.5 Å². The van der Waals surface area contributed by atoms with Crippen molar-refractivity contribution in [1.29, 1.82) is 0 Å². The van der Waals surface area contributed by atoms with Gasteiger partial charge in [-0.05, 0) is 43.3 Å². The summed E-state index contributed by atoms with van der Waals surface area (Å²) < 4.78 is 27.7. The molecule has 6 nitrogen and oxygen atoms in total. The second kappa shape index (κ2) is 7.99. The maximum absolute atomic E-state index is 13.8. The minimum Gasteiger partial charge on any atom is -0.378 e. The number of halogens is 2. The van der Waals surface area contributed by atoms with Crippen molar-refractivity contribution >= 4 is 28.8 Å². The number of aryl methyl sites for hydroxylation is 1. The van der Waals surface area contributed by atoms with Crippen LogP contribution in [0, 0.1) is 18.6 Å².